The first kappa shape index (κ1) is 12.3. The summed E-state index contributed by atoms with van der Waals surface area (Å²) in [5.41, 5.74) is 2.79. The van der Waals surface area contributed by atoms with E-state index in [0.717, 1.165) is 10.9 Å². The molecule has 1 heterocycles. The normalized spacial score (nSPS) is 13.3. The third kappa shape index (κ3) is 2.28. The van der Waals surface area contributed by atoms with E-state index in [0.29, 0.717) is 16.6 Å². The van der Waals surface area contributed by atoms with E-state index in [2.05, 4.69) is 24.9 Å². The van der Waals surface area contributed by atoms with Crippen molar-refractivity contribution in [2.45, 2.75) is 32.8 Å². The second-order valence-corrected chi connectivity index (χ2v) is 4.98. The van der Waals surface area contributed by atoms with Crippen LogP contribution in [-0.2, 0) is 0 Å². The second-order valence-electron chi connectivity index (χ2n) is 4.62. The van der Waals surface area contributed by atoms with E-state index in [9.17, 15) is 5.11 Å². The van der Waals surface area contributed by atoms with Crippen LogP contribution in [-0.4, -0.2) is 10.1 Å². The van der Waals surface area contributed by atoms with Gasteiger partial charge in [0.05, 0.1) is 11.6 Å². The minimum Gasteiger partial charge on any atom is -0.389 e. The Labute approximate surface area is 106 Å². The first-order valence-corrected chi connectivity index (χ1v) is 6.15. The molecule has 1 aromatic carbocycles. The fourth-order valence-corrected chi connectivity index (χ4v) is 2.27. The fourth-order valence-electron chi connectivity index (χ4n) is 1.97. The van der Waals surface area contributed by atoms with E-state index < -0.39 is 6.10 Å². The molecule has 0 amide bonds. The van der Waals surface area contributed by atoms with Gasteiger partial charge in [-0.05, 0) is 24.5 Å². The molecule has 17 heavy (non-hydrogen) atoms. The summed E-state index contributed by atoms with van der Waals surface area (Å²) in [6.07, 6.45) is -0.595. The molecule has 0 fully saturated rings. The maximum atomic E-state index is 9.62. The third-order valence-corrected chi connectivity index (χ3v) is 3.23. The van der Waals surface area contributed by atoms with Crippen molar-refractivity contribution in [1.29, 1.82) is 0 Å². The first-order valence-electron chi connectivity index (χ1n) is 5.78. The average Bonchev–Trinajstić information content (AvgIpc) is 2.26. The summed E-state index contributed by atoms with van der Waals surface area (Å²) in [6.45, 7) is 5.96. The van der Waals surface area contributed by atoms with Gasteiger partial charge in [-0.3, -0.25) is 0 Å². The van der Waals surface area contributed by atoms with Crippen LogP contribution < -0.4 is 0 Å². The number of hydrogen-bond donors (Lipinski definition) is 1. The molecule has 0 aliphatic carbocycles. The minimum atomic E-state index is -0.595. The fraction of sp³-hybridized carbons (Fsp3) is 0.357. The van der Waals surface area contributed by atoms with Crippen LogP contribution >= 0.6 is 11.6 Å². The summed E-state index contributed by atoms with van der Waals surface area (Å²) in [7, 11) is 0. The molecule has 0 spiro atoms. The van der Waals surface area contributed by atoms with E-state index in [1.807, 2.05) is 18.2 Å². The van der Waals surface area contributed by atoms with Gasteiger partial charge >= 0.3 is 0 Å². The van der Waals surface area contributed by atoms with Crippen LogP contribution in [0.1, 0.15) is 43.9 Å². The van der Waals surface area contributed by atoms with Gasteiger partial charge in [0.2, 0.25) is 0 Å². The molecule has 0 aliphatic rings. The molecule has 1 N–H and O–H groups in total. The van der Waals surface area contributed by atoms with Crippen LogP contribution in [0, 0.1) is 0 Å². The zero-order valence-electron chi connectivity index (χ0n) is 10.2. The molecule has 0 saturated carbocycles. The number of fused-ring (bicyclic) bond motifs is 1. The Morgan fingerprint density at radius 1 is 1.18 bits per heavy atom. The molecule has 2 aromatic rings. The zero-order chi connectivity index (χ0) is 12.6. The molecule has 0 unspecified atom stereocenters. The minimum absolute atomic E-state index is 0.389. The van der Waals surface area contributed by atoms with Crippen molar-refractivity contribution < 1.29 is 5.11 Å². The van der Waals surface area contributed by atoms with Crippen molar-refractivity contribution >= 4 is 22.5 Å². The molecule has 0 bridgehead atoms. The van der Waals surface area contributed by atoms with E-state index in [4.69, 9.17) is 11.6 Å². The predicted octanol–water partition coefficient (Wildman–Crippen LogP) is 4.06. The zero-order valence-corrected chi connectivity index (χ0v) is 11.0. The third-order valence-electron chi connectivity index (χ3n) is 2.93. The van der Waals surface area contributed by atoms with Gasteiger partial charge in [0.15, 0.2) is 0 Å². The SMILES string of the molecule is CC(C)c1cccc2cc([C@H](C)O)c(Cl)nc12. The lowest BCUT2D eigenvalue weighted by atomic mass is 9.98. The van der Waals surface area contributed by atoms with Gasteiger partial charge in [0.1, 0.15) is 5.15 Å². The van der Waals surface area contributed by atoms with Gasteiger partial charge in [-0.25, -0.2) is 4.98 Å². The van der Waals surface area contributed by atoms with E-state index in [-0.39, 0.29) is 0 Å². The van der Waals surface area contributed by atoms with Gasteiger partial charge in [-0.15, -0.1) is 0 Å². The maximum absolute atomic E-state index is 9.62. The number of halogens is 1. The Kier molecular flexibility index (Phi) is 3.36. The number of pyridine rings is 1. The summed E-state index contributed by atoms with van der Waals surface area (Å²) >= 11 is 6.10. The van der Waals surface area contributed by atoms with Crippen LogP contribution in [0.25, 0.3) is 10.9 Å². The predicted molar refractivity (Wildman–Crippen MR) is 71.5 cm³/mol. The Bertz CT molecular complexity index is 549. The van der Waals surface area contributed by atoms with E-state index >= 15 is 0 Å². The van der Waals surface area contributed by atoms with Crippen LogP contribution in [0.4, 0.5) is 0 Å². The Morgan fingerprint density at radius 3 is 2.47 bits per heavy atom. The second kappa shape index (κ2) is 4.63. The molecule has 2 rings (SSSR count). The standard InChI is InChI=1S/C14H16ClNO/c1-8(2)11-6-4-5-10-7-12(9(3)17)14(15)16-13(10)11/h4-9,17H,1-3H3/t9-/m0/s1. The lowest BCUT2D eigenvalue weighted by Gasteiger charge is -2.12. The highest BCUT2D eigenvalue weighted by atomic mass is 35.5. The molecular weight excluding hydrogens is 234 g/mol. The average molecular weight is 250 g/mol. The van der Waals surface area contributed by atoms with Gasteiger partial charge in [0, 0.05) is 10.9 Å². The first-order chi connectivity index (χ1) is 8.00. The van der Waals surface area contributed by atoms with Crippen molar-refractivity contribution in [3.63, 3.8) is 0 Å². The summed E-state index contributed by atoms with van der Waals surface area (Å²) in [4.78, 5) is 4.42. The largest absolute Gasteiger partial charge is 0.389 e. The number of hydrogen-bond acceptors (Lipinski definition) is 2. The molecule has 0 radical (unpaired) electrons. The highest BCUT2D eigenvalue weighted by Gasteiger charge is 2.12. The number of benzene rings is 1. The lowest BCUT2D eigenvalue weighted by molar-refractivity contribution is 0.199. The topological polar surface area (TPSA) is 33.1 Å². The van der Waals surface area contributed by atoms with Crippen molar-refractivity contribution in [1.82, 2.24) is 4.98 Å². The lowest BCUT2D eigenvalue weighted by Crippen LogP contribution is -1.98. The summed E-state index contributed by atoms with van der Waals surface area (Å²) in [5, 5.41) is 11.0. The number of aliphatic hydroxyl groups is 1. The van der Waals surface area contributed by atoms with Crippen molar-refractivity contribution in [3.05, 3.63) is 40.5 Å². The number of aromatic nitrogens is 1. The van der Waals surface area contributed by atoms with E-state index in [1.165, 1.54) is 5.56 Å². The molecule has 0 saturated heterocycles. The van der Waals surface area contributed by atoms with Gasteiger partial charge in [-0.2, -0.15) is 0 Å². The summed E-state index contributed by atoms with van der Waals surface area (Å²) in [5.74, 6) is 0.402. The molecular formula is C14H16ClNO. The summed E-state index contributed by atoms with van der Waals surface area (Å²) < 4.78 is 0. The number of nitrogens with zero attached hydrogens (tertiary/aromatic N) is 1. The summed E-state index contributed by atoms with van der Waals surface area (Å²) in [6, 6.07) is 8.00. The molecule has 1 atom stereocenters. The quantitative estimate of drug-likeness (QED) is 0.814. The Morgan fingerprint density at radius 2 is 1.88 bits per heavy atom. The molecule has 1 aromatic heterocycles. The molecule has 0 aliphatic heterocycles. The van der Waals surface area contributed by atoms with E-state index in [1.54, 1.807) is 6.92 Å². The Balaban J connectivity index is 2.73. The molecule has 3 heteroatoms. The monoisotopic (exact) mass is 249 g/mol. The van der Waals surface area contributed by atoms with Crippen LogP contribution in [0.3, 0.4) is 0 Å². The van der Waals surface area contributed by atoms with Crippen LogP contribution in [0.15, 0.2) is 24.3 Å². The van der Waals surface area contributed by atoms with Gasteiger partial charge < -0.3 is 5.11 Å². The number of rotatable bonds is 2. The smallest absolute Gasteiger partial charge is 0.135 e. The maximum Gasteiger partial charge on any atom is 0.135 e. The number of aliphatic hydroxyl groups excluding tert-OH is 1. The van der Waals surface area contributed by atoms with Crippen LogP contribution in [0.2, 0.25) is 5.15 Å². The highest BCUT2D eigenvalue weighted by molar-refractivity contribution is 6.30. The molecule has 90 valence electrons. The van der Waals surface area contributed by atoms with Crippen molar-refractivity contribution in [2.75, 3.05) is 0 Å². The molecule has 2 nitrogen and oxygen atoms in total. The van der Waals surface area contributed by atoms with Crippen molar-refractivity contribution in [2.24, 2.45) is 0 Å². The van der Waals surface area contributed by atoms with Crippen molar-refractivity contribution in [3.8, 4) is 0 Å². The number of para-hydroxylation sites is 1. The Hall–Kier alpha value is -1.12. The highest BCUT2D eigenvalue weighted by Crippen LogP contribution is 2.29. The van der Waals surface area contributed by atoms with Gasteiger partial charge in [0.25, 0.3) is 0 Å². The van der Waals surface area contributed by atoms with Crippen LogP contribution in [0.5, 0.6) is 0 Å². The van der Waals surface area contributed by atoms with Gasteiger partial charge in [-0.1, -0.05) is 43.6 Å².